The molecular formula is C11H10Cl2O3. The summed E-state index contributed by atoms with van der Waals surface area (Å²) < 4.78 is 4.67. The highest BCUT2D eigenvalue weighted by atomic mass is 35.5. The normalized spacial score (nSPS) is 9.94. The molecule has 0 aliphatic heterocycles. The van der Waals surface area contributed by atoms with Crippen LogP contribution in [0.25, 0.3) is 0 Å². The van der Waals surface area contributed by atoms with Crippen molar-refractivity contribution in [2.45, 2.75) is 13.3 Å². The molecule has 16 heavy (non-hydrogen) atoms. The Morgan fingerprint density at radius 3 is 2.62 bits per heavy atom. The Morgan fingerprint density at radius 1 is 1.31 bits per heavy atom. The smallest absolute Gasteiger partial charge is 0.313 e. The van der Waals surface area contributed by atoms with Gasteiger partial charge < -0.3 is 4.74 Å². The number of halogens is 2. The topological polar surface area (TPSA) is 43.4 Å². The molecular weight excluding hydrogens is 251 g/mol. The van der Waals surface area contributed by atoms with Crippen LogP contribution in [-0.2, 0) is 9.53 Å². The summed E-state index contributed by atoms with van der Waals surface area (Å²) in [6.07, 6.45) is -0.325. The van der Waals surface area contributed by atoms with Gasteiger partial charge in [0, 0.05) is 5.56 Å². The average Bonchev–Trinajstić information content (AvgIpc) is 2.22. The minimum atomic E-state index is -0.566. The van der Waals surface area contributed by atoms with Gasteiger partial charge in [0.25, 0.3) is 0 Å². The summed E-state index contributed by atoms with van der Waals surface area (Å²) in [6.45, 7) is 1.92. The van der Waals surface area contributed by atoms with E-state index in [1.54, 1.807) is 19.1 Å². The highest BCUT2D eigenvalue weighted by Crippen LogP contribution is 2.26. The van der Waals surface area contributed by atoms with Gasteiger partial charge in [-0.05, 0) is 19.1 Å². The van der Waals surface area contributed by atoms with E-state index in [-0.39, 0.29) is 28.6 Å². The molecule has 1 rings (SSSR count). The molecule has 0 saturated heterocycles. The molecule has 0 fully saturated rings. The molecule has 3 nitrogen and oxygen atoms in total. The number of ketones is 1. The first-order valence-electron chi connectivity index (χ1n) is 4.69. The average molecular weight is 261 g/mol. The number of rotatable bonds is 4. The SMILES string of the molecule is CCOC(=O)CC(=O)c1cccc(Cl)c1Cl. The predicted octanol–water partition coefficient (Wildman–Crippen LogP) is 3.13. The quantitative estimate of drug-likeness (QED) is 0.475. The third-order valence-corrected chi connectivity index (χ3v) is 2.68. The van der Waals surface area contributed by atoms with Crippen LogP contribution in [0.3, 0.4) is 0 Å². The zero-order valence-electron chi connectivity index (χ0n) is 8.63. The van der Waals surface area contributed by atoms with E-state index in [0.29, 0.717) is 0 Å². The first-order valence-corrected chi connectivity index (χ1v) is 5.44. The van der Waals surface area contributed by atoms with Crippen molar-refractivity contribution in [3.05, 3.63) is 33.8 Å². The van der Waals surface area contributed by atoms with Gasteiger partial charge in [0.05, 0.1) is 16.7 Å². The predicted molar refractivity (Wildman–Crippen MR) is 62.0 cm³/mol. The number of carbonyl (C=O) groups excluding carboxylic acids is 2. The van der Waals surface area contributed by atoms with Gasteiger partial charge in [-0.15, -0.1) is 0 Å². The first-order chi connectivity index (χ1) is 7.56. The maximum Gasteiger partial charge on any atom is 0.313 e. The number of benzene rings is 1. The number of hydrogen-bond acceptors (Lipinski definition) is 3. The molecule has 0 heterocycles. The zero-order chi connectivity index (χ0) is 12.1. The standard InChI is InChI=1S/C11H10Cl2O3/c1-2-16-10(15)6-9(14)7-4-3-5-8(12)11(7)13/h3-5H,2,6H2,1H3. The lowest BCUT2D eigenvalue weighted by Crippen LogP contribution is -2.11. The third-order valence-electron chi connectivity index (χ3n) is 1.86. The van der Waals surface area contributed by atoms with Gasteiger partial charge in [0.2, 0.25) is 0 Å². The van der Waals surface area contributed by atoms with Crippen LogP contribution in [0, 0.1) is 0 Å². The Balaban J connectivity index is 2.81. The van der Waals surface area contributed by atoms with Crippen molar-refractivity contribution < 1.29 is 14.3 Å². The van der Waals surface area contributed by atoms with E-state index in [2.05, 4.69) is 4.74 Å². The Morgan fingerprint density at radius 2 is 2.00 bits per heavy atom. The van der Waals surface area contributed by atoms with Crippen LogP contribution >= 0.6 is 23.2 Å². The first kappa shape index (κ1) is 13.0. The highest BCUT2D eigenvalue weighted by Gasteiger charge is 2.16. The molecule has 0 amide bonds. The fourth-order valence-corrected chi connectivity index (χ4v) is 1.56. The highest BCUT2D eigenvalue weighted by molar-refractivity contribution is 6.44. The van der Waals surface area contributed by atoms with Crippen molar-refractivity contribution in [1.29, 1.82) is 0 Å². The second-order valence-corrected chi connectivity index (χ2v) is 3.79. The van der Waals surface area contributed by atoms with Gasteiger partial charge in [-0.2, -0.15) is 0 Å². The molecule has 0 saturated carbocycles. The Bertz CT molecular complexity index is 416. The number of carbonyl (C=O) groups is 2. The Kier molecular flexibility index (Phi) is 4.77. The van der Waals surface area contributed by atoms with Gasteiger partial charge >= 0.3 is 5.97 Å². The van der Waals surface area contributed by atoms with Crippen molar-refractivity contribution >= 4 is 35.0 Å². The lowest BCUT2D eigenvalue weighted by atomic mass is 10.1. The summed E-state index contributed by atoms with van der Waals surface area (Å²) in [4.78, 5) is 22.8. The molecule has 5 heteroatoms. The van der Waals surface area contributed by atoms with E-state index in [4.69, 9.17) is 23.2 Å². The van der Waals surface area contributed by atoms with Crippen LogP contribution in [-0.4, -0.2) is 18.4 Å². The summed E-state index contributed by atoms with van der Waals surface area (Å²) in [5.41, 5.74) is 0.238. The van der Waals surface area contributed by atoms with Crippen molar-refractivity contribution in [1.82, 2.24) is 0 Å². The molecule has 0 atom stereocenters. The van der Waals surface area contributed by atoms with E-state index in [9.17, 15) is 9.59 Å². The lowest BCUT2D eigenvalue weighted by Gasteiger charge is -2.04. The molecule has 0 spiro atoms. The van der Waals surface area contributed by atoms with Crippen molar-refractivity contribution in [3.8, 4) is 0 Å². The Hall–Kier alpha value is -1.06. The fraction of sp³-hybridized carbons (Fsp3) is 0.273. The lowest BCUT2D eigenvalue weighted by molar-refractivity contribution is -0.141. The van der Waals surface area contributed by atoms with E-state index in [1.165, 1.54) is 6.07 Å². The summed E-state index contributed by atoms with van der Waals surface area (Å²) >= 11 is 11.6. The van der Waals surface area contributed by atoms with Crippen LogP contribution in [0.5, 0.6) is 0 Å². The second kappa shape index (κ2) is 5.87. The van der Waals surface area contributed by atoms with Crippen LogP contribution in [0.2, 0.25) is 10.0 Å². The molecule has 1 aromatic carbocycles. The van der Waals surface area contributed by atoms with Crippen molar-refractivity contribution in [2.75, 3.05) is 6.61 Å². The second-order valence-electron chi connectivity index (χ2n) is 3.01. The number of esters is 1. The van der Waals surface area contributed by atoms with E-state index in [1.807, 2.05) is 0 Å². The summed E-state index contributed by atoms with van der Waals surface area (Å²) in [5.74, 6) is -0.963. The summed E-state index contributed by atoms with van der Waals surface area (Å²) in [7, 11) is 0. The molecule has 0 aliphatic rings. The maximum absolute atomic E-state index is 11.7. The minimum absolute atomic E-state index is 0.165. The van der Waals surface area contributed by atoms with Crippen LogP contribution in [0.1, 0.15) is 23.7 Å². The minimum Gasteiger partial charge on any atom is -0.466 e. The van der Waals surface area contributed by atoms with Crippen molar-refractivity contribution in [3.63, 3.8) is 0 Å². The molecule has 0 N–H and O–H groups in total. The molecule has 0 unspecified atom stereocenters. The van der Waals surface area contributed by atoms with Gasteiger partial charge in [-0.3, -0.25) is 9.59 Å². The monoisotopic (exact) mass is 260 g/mol. The fourth-order valence-electron chi connectivity index (χ4n) is 1.16. The van der Waals surface area contributed by atoms with Gasteiger partial charge in [0.15, 0.2) is 5.78 Å². The zero-order valence-corrected chi connectivity index (χ0v) is 10.1. The molecule has 1 aromatic rings. The molecule has 0 aliphatic carbocycles. The molecule has 86 valence electrons. The molecule has 0 bridgehead atoms. The van der Waals surface area contributed by atoms with E-state index >= 15 is 0 Å². The maximum atomic E-state index is 11.7. The number of ether oxygens (including phenoxy) is 1. The van der Waals surface area contributed by atoms with Crippen LogP contribution in [0.15, 0.2) is 18.2 Å². The Labute approximate surface area is 103 Å². The summed E-state index contributed by atoms with van der Waals surface area (Å²) in [6, 6.07) is 4.70. The summed E-state index contributed by atoms with van der Waals surface area (Å²) in [5, 5.41) is 0.454. The number of Topliss-reactive ketones (excluding diaryl/α,β-unsaturated/α-hetero) is 1. The van der Waals surface area contributed by atoms with Gasteiger partial charge in [-0.25, -0.2) is 0 Å². The molecule has 0 radical (unpaired) electrons. The molecule has 0 aromatic heterocycles. The largest absolute Gasteiger partial charge is 0.466 e. The van der Waals surface area contributed by atoms with Gasteiger partial charge in [0.1, 0.15) is 6.42 Å². The van der Waals surface area contributed by atoms with E-state index < -0.39 is 11.8 Å². The van der Waals surface area contributed by atoms with Crippen LogP contribution < -0.4 is 0 Å². The number of hydrogen-bond donors (Lipinski definition) is 0. The van der Waals surface area contributed by atoms with Gasteiger partial charge in [-0.1, -0.05) is 29.3 Å². The third kappa shape index (κ3) is 3.22. The van der Waals surface area contributed by atoms with Crippen molar-refractivity contribution in [2.24, 2.45) is 0 Å². The van der Waals surface area contributed by atoms with E-state index in [0.717, 1.165) is 0 Å². The van der Waals surface area contributed by atoms with Crippen LogP contribution in [0.4, 0.5) is 0 Å².